The van der Waals surface area contributed by atoms with Crippen LogP contribution in [0.2, 0.25) is 5.02 Å². The molecule has 0 amide bonds. The standard InChI is InChI=1S/C18H12ClF3N4O2S/c1-2-29(27,28)14-5-9-3-4-10(19)6-11(9)24-16(14)17-25-12-7-15(18(20,21)22)23-8-13(12)26-17/h3-8H,2H2,1H3,(H,25,26). The third kappa shape index (κ3) is 3.53. The minimum atomic E-state index is -4.62. The predicted molar refractivity (Wildman–Crippen MR) is 102 cm³/mol. The molecule has 0 fully saturated rings. The van der Waals surface area contributed by atoms with Crippen molar-refractivity contribution in [3.63, 3.8) is 0 Å². The number of rotatable bonds is 3. The number of fused-ring (bicyclic) bond motifs is 2. The fourth-order valence-corrected chi connectivity index (χ4v) is 4.08. The van der Waals surface area contributed by atoms with Crippen molar-refractivity contribution in [2.24, 2.45) is 0 Å². The van der Waals surface area contributed by atoms with Crippen molar-refractivity contribution in [2.45, 2.75) is 18.0 Å². The second-order valence-electron chi connectivity index (χ2n) is 6.25. The summed E-state index contributed by atoms with van der Waals surface area (Å²) in [4.78, 5) is 14.6. The summed E-state index contributed by atoms with van der Waals surface area (Å²) < 4.78 is 64.0. The number of hydrogen-bond donors (Lipinski definition) is 1. The Kier molecular flexibility index (Phi) is 4.50. The van der Waals surface area contributed by atoms with Gasteiger partial charge >= 0.3 is 6.18 Å². The maximum absolute atomic E-state index is 12.9. The predicted octanol–water partition coefficient (Wildman–Crippen LogP) is 4.64. The van der Waals surface area contributed by atoms with Gasteiger partial charge < -0.3 is 4.98 Å². The molecule has 4 aromatic rings. The number of aromatic amines is 1. The van der Waals surface area contributed by atoms with Gasteiger partial charge in [-0.1, -0.05) is 24.6 Å². The Labute approximate surface area is 167 Å². The molecule has 3 heterocycles. The molecule has 0 radical (unpaired) electrons. The van der Waals surface area contributed by atoms with E-state index < -0.39 is 21.7 Å². The largest absolute Gasteiger partial charge is 0.433 e. The number of benzene rings is 1. The lowest BCUT2D eigenvalue weighted by Crippen LogP contribution is -2.07. The van der Waals surface area contributed by atoms with Crippen LogP contribution in [0, 0.1) is 0 Å². The van der Waals surface area contributed by atoms with E-state index in [9.17, 15) is 21.6 Å². The maximum atomic E-state index is 12.9. The Hall–Kier alpha value is -2.72. The summed E-state index contributed by atoms with van der Waals surface area (Å²) in [5, 5.41) is 0.966. The highest BCUT2D eigenvalue weighted by molar-refractivity contribution is 7.91. The first-order valence-electron chi connectivity index (χ1n) is 8.35. The number of aromatic nitrogens is 4. The van der Waals surface area contributed by atoms with Gasteiger partial charge in [0.25, 0.3) is 0 Å². The highest BCUT2D eigenvalue weighted by Crippen LogP contribution is 2.32. The Morgan fingerprint density at radius 3 is 2.55 bits per heavy atom. The van der Waals surface area contributed by atoms with Gasteiger partial charge in [0.2, 0.25) is 0 Å². The zero-order valence-electron chi connectivity index (χ0n) is 14.7. The zero-order valence-corrected chi connectivity index (χ0v) is 16.3. The fourth-order valence-electron chi connectivity index (χ4n) is 2.86. The molecule has 0 unspecified atom stereocenters. The summed E-state index contributed by atoms with van der Waals surface area (Å²) in [6.07, 6.45) is -3.62. The minimum Gasteiger partial charge on any atom is -0.335 e. The van der Waals surface area contributed by atoms with Crippen LogP contribution in [0.1, 0.15) is 12.6 Å². The number of pyridine rings is 2. The lowest BCUT2D eigenvalue weighted by atomic mass is 10.2. The topological polar surface area (TPSA) is 88.6 Å². The van der Waals surface area contributed by atoms with E-state index >= 15 is 0 Å². The first-order valence-corrected chi connectivity index (χ1v) is 10.4. The molecular formula is C18H12ClF3N4O2S. The van der Waals surface area contributed by atoms with E-state index in [1.54, 1.807) is 18.2 Å². The highest BCUT2D eigenvalue weighted by Gasteiger charge is 2.33. The summed E-state index contributed by atoms with van der Waals surface area (Å²) in [7, 11) is -3.70. The van der Waals surface area contributed by atoms with Crippen LogP contribution in [-0.4, -0.2) is 34.1 Å². The Morgan fingerprint density at radius 2 is 1.86 bits per heavy atom. The van der Waals surface area contributed by atoms with Gasteiger partial charge in [0, 0.05) is 10.4 Å². The van der Waals surface area contributed by atoms with Gasteiger partial charge in [0.05, 0.1) is 33.4 Å². The van der Waals surface area contributed by atoms with E-state index in [2.05, 4.69) is 19.9 Å². The van der Waals surface area contributed by atoms with Crippen molar-refractivity contribution in [3.05, 3.63) is 47.2 Å². The van der Waals surface area contributed by atoms with Crippen LogP contribution < -0.4 is 0 Å². The molecule has 0 aliphatic carbocycles. The maximum Gasteiger partial charge on any atom is 0.433 e. The number of halogens is 4. The van der Waals surface area contributed by atoms with Crippen molar-refractivity contribution >= 4 is 43.4 Å². The quantitative estimate of drug-likeness (QED) is 0.501. The van der Waals surface area contributed by atoms with Gasteiger partial charge in [-0.15, -0.1) is 0 Å². The monoisotopic (exact) mass is 440 g/mol. The molecule has 6 nitrogen and oxygen atoms in total. The lowest BCUT2D eigenvalue weighted by Gasteiger charge is -2.09. The number of imidazole rings is 1. The summed E-state index contributed by atoms with van der Waals surface area (Å²) in [5.41, 5.74) is -0.442. The molecule has 150 valence electrons. The smallest absolute Gasteiger partial charge is 0.335 e. The number of H-pyrrole nitrogens is 1. The van der Waals surface area contributed by atoms with Crippen molar-refractivity contribution in [1.82, 2.24) is 19.9 Å². The Bertz CT molecular complexity index is 1370. The number of hydrogen-bond acceptors (Lipinski definition) is 5. The normalized spacial score (nSPS) is 12.7. The summed E-state index contributed by atoms with van der Waals surface area (Å²) in [6, 6.07) is 7.07. The van der Waals surface area contributed by atoms with Crippen molar-refractivity contribution < 1.29 is 21.6 Å². The van der Waals surface area contributed by atoms with Crippen molar-refractivity contribution in [3.8, 4) is 11.5 Å². The molecule has 0 bridgehead atoms. The van der Waals surface area contributed by atoms with Gasteiger partial charge in [0.1, 0.15) is 11.4 Å². The molecule has 1 N–H and O–H groups in total. The van der Waals surface area contributed by atoms with Gasteiger partial charge in [-0.05, 0) is 24.3 Å². The summed E-state index contributed by atoms with van der Waals surface area (Å²) in [6.45, 7) is 1.49. The summed E-state index contributed by atoms with van der Waals surface area (Å²) in [5.74, 6) is -0.157. The molecule has 0 aliphatic heterocycles. The number of sulfone groups is 1. The van der Waals surface area contributed by atoms with Crippen LogP contribution in [-0.2, 0) is 16.0 Å². The Morgan fingerprint density at radius 1 is 1.10 bits per heavy atom. The van der Waals surface area contributed by atoms with Crippen LogP contribution in [0.5, 0.6) is 0 Å². The fraction of sp³-hybridized carbons (Fsp3) is 0.167. The Balaban J connectivity index is 2.00. The average molecular weight is 441 g/mol. The molecule has 11 heteroatoms. The van der Waals surface area contributed by atoms with Crippen molar-refractivity contribution in [1.29, 1.82) is 0 Å². The van der Waals surface area contributed by atoms with Gasteiger partial charge in [-0.2, -0.15) is 13.2 Å². The van der Waals surface area contributed by atoms with E-state index in [1.807, 2.05) is 0 Å². The molecule has 29 heavy (non-hydrogen) atoms. The molecule has 0 saturated carbocycles. The molecule has 3 aromatic heterocycles. The van der Waals surface area contributed by atoms with Crippen molar-refractivity contribution in [2.75, 3.05) is 5.75 Å². The van der Waals surface area contributed by atoms with Crippen LogP contribution in [0.15, 0.2) is 41.4 Å². The molecular weight excluding hydrogens is 429 g/mol. The molecule has 4 rings (SSSR count). The van der Waals surface area contributed by atoms with E-state index in [0.29, 0.717) is 15.9 Å². The zero-order chi connectivity index (χ0) is 21.0. The SMILES string of the molecule is CCS(=O)(=O)c1cc2ccc(Cl)cc2nc1-c1nc2cc(C(F)(F)F)ncc2[nH]1. The highest BCUT2D eigenvalue weighted by atomic mass is 35.5. The number of alkyl halides is 3. The second kappa shape index (κ2) is 6.67. The van der Waals surface area contributed by atoms with E-state index in [0.717, 1.165) is 12.3 Å². The van der Waals surface area contributed by atoms with E-state index in [4.69, 9.17) is 11.6 Å². The third-order valence-corrected chi connectivity index (χ3v) is 6.32. The van der Waals surface area contributed by atoms with Gasteiger partial charge in [0.15, 0.2) is 15.7 Å². The van der Waals surface area contributed by atoms with E-state index in [-0.39, 0.29) is 33.2 Å². The van der Waals surface area contributed by atoms with Crippen LogP contribution in [0.3, 0.4) is 0 Å². The lowest BCUT2D eigenvalue weighted by molar-refractivity contribution is -0.141. The first-order chi connectivity index (χ1) is 13.6. The molecule has 1 aromatic carbocycles. The molecule has 0 atom stereocenters. The van der Waals surface area contributed by atoms with Crippen LogP contribution >= 0.6 is 11.6 Å². The van der Waals surface area contributed by atoms with Crippen LogP contribution in [0.4, 0.5) is 13.2 Å². The minimum absolute atomic E-state index is 0.00448. The van der Waals surface area contributed by atoms with Gasteiger partial charge in [-0.3, -0.25) is 0 Å². The third-order valence-electron chi connectivity index (χ3n) is 4.34. The summed E-state index contributed by atoms with van der Waals surface area (Å²) >= 11 is 6.00. The molecule has 0 saturated heterocycles. The first kappa shape index (κ1) is 19.6. The van der Waals surface area contributed by atoms with Gasteiger partial charge in [-0.25, -0.2) is 23.4 Å². The number of nitrogens with one attached hydrogen (secondary N) is 1. The molecule has 0 spiro atoms. The second-order valence-corrected chi connectivity index (χ2v) is 8.93. The number of nitrogens with zero attached hydrogens (tertiary/aromatic N) is 3. The average Bonchev–Trinajstić information content (AvgIpc) is 3.09. The van der Waals surface area contributed by atoms with Crippen LogP contribution in [0.25, 0.3) is 33.5 Å². The van der Waals surface area contributed by atoms with E-state index in [1.165, 1.54) is 13.0 Å². The molecule has 0 aliphatic rings.